The zero-order chi connectivity index (χ0) is 20.3. The van der Waals surface area contributed by atoms with Gasteiger partial charge in [0.2, 0.25) is 0 Å². The monoisotopic (exact) mass is 357 g/mol. The van der Waals surface area contributed by atoms with Gasteiger partial charge in [0.15, 0.2) is 0 Å². The molecule has 2 nitrogen and oxygen atoms in total. The number of rotatable bonds is 5. The second kappa shape index (κ2) is 11.7. The predicted octanol–water partition coefficient (Wildman–Crippen LogP) is 7.50. The van der Waals surface area contributed by atoms with Crippen molar-refractivity contribution in [2.75, 3.05) is 7.11 Å². The molecule has 146 valence electrons. The molecule has 2 aromatic rings. The molecule has 0 aliphatic carbocycles. The molecule has 1 aromatic heterocycles. The SMILES string of the molecule is CC.CC.CCCC(C)(C)c1cc(OC)cc(C)c1-c1cc(C)ccn1. The van der Waals surface area contributed by atoms with Crippen molar-refractivity contribution in [3.8, 4) is 17.0 Å². The molecule has 0 N–H and O–H groups in total. The van der Waals surface area contributed by atoms with E-state index < -0.39 is 0 Å². The average Bonchev–Trinajstić information content (AvgIpc) is 2.64. The molecule has 2 heteroatoms. The van der Waals surface area contributed by atoms with E-state index in [1.807, 2.05) is 40.0 Å². The van der Waals surface area contributed by atoms with Crippen molar-refractivity contribution < 1.29 is 4.74 Å². The van der Waals surface area contributed by atoms with Crippen molar-refractivity contribution in [2.24, 2.45) is 0 Å². The van der Waals surface area contributed by atoms with Gasteiger partial charge < -0.3 is 4.74 Å². The van der Waals surface area contributed by atoms with Crippen LogP contribution >= 0.6 is 0 Å². The number of ether oxygens (including phenoxy) is 1. The molecule has 0 fully saturated rings. The van der Waals surface area contributed by atoms with Gasteiger partial charge >= 0.3 is 0 Å². The van der Waals surface area contributed by atoms with E-state index in [9.17, 15) is 0 Å². The Morgan fingerprint density at radius 1 is 1.00 bits per heavy atom. The zero-order valence-electron chi connectivity index (χ0n) is 18.7. The number of hydrogen-bond donors (Lipinski definition) is 0. The Morgan fingerprint density at radius 3 is 2.12 bits per heavy atom. The van der Waals surface area contributed by atoms with Gasteiger partial charge in [0, 0.05) is 11.8 Å². The normalized spacial score (nSPS) is 10.2. The third kappa shape index (κ3) is 6.16. The Labute approximate surface area is 162 Å². The molecule has 26 heavy (non-hydrogen) atoms. The average molecular weight is 358 g/mol. The third-order valence-electron chi connectivity index (χ3n) is 4.32. The molecule has 0 amide bonds. The van der Waals surface area contributed by atoms with Crippen LogP contribution in [0.25, 0.3) is 11.3 Å². The summed E-state index contributed by atoms with van der Waals surface area (Å²) in [6.45, 7) is 19.1. The lowest BCUT2D eigenvalue weighted by Gasteiger charge is -2.29. The highest BCUT2D eigenvalue weighted by Crippen LogP contribution is 2.40. The van der Waals surface area contributed by atoms with Crippen molar-refractivity contribution in [3.05, 3.63) is 47.2 Å². The third-order valence-corrected chi connectivity index (χ3v) is 4.32. The second-order valence-electron chi connectivity index (χ2n) is 6.72. The van der Waals surface area contributed by atoms with Gasteiger partial charge in [-0.25, -0.2) is 0 Å². The van der Waals surface area contributed by atoms with E-state index in [4.69, 9.17) is 4.74 Å². The lowest BCUT2D eigenvalue weighted by atomic mass is 9.76. The molecule has 0 aliphatic heterocycles. The van der Waals surface area contributed by atoms with Gasteiger partial charge in [0.1, 0.15) is 5.75 Å². The number of pyridine rings is 1. The van der Waals surface area contributed by atoms with Gasteiger partial charge in [0.25, 0.3) is 0 Å². The summed E-state index contributed by atoms with van der Waals surface area (Å²) in [6, 6.07) is 8.49. The van der Waals surface area contributed by atoms with Gasteiger partial charge in [-0.1, -0.05) is 54.9 Å². The van der Waals surface area contributed by atoms with E-state index in [0.29, 0.717) is 0 Å². The van der Waals surface area contributed by atoms with E-state index in [1.165, 1.54) is 22.3 Å². The molecule has 2 rings (SSSR count). The number of aryl methyl sites for hydroxylation is 2. The molecule has 0 saturated carbocycles. The van der Waals surface area contributed by atoms with Crippen molar-refractivity contribution in [3.63, 3.8) is 0 Å². The minimum absolute atomic E-state index is 0.0921. The summed E-state index contributed by atoms with van der Waals surface area (Å²) in [7, 11) is 1.73. The predicted molar refractivity (Wildman–Crippen MR) is 116 cm³/mol. The Kier molecular flexibility index (Phi) is 10.9. The Hall–Kier alpha value is -1.83. The minimum atomic E-state index is 0.0921. The highest BCUT2D eigenvalue weighted by Gasteiger charge is 2.26. The van der Waals surface area contributed by atoms with Crippen LogP contribution in [-0.4, -0.2) is 12.1 Å². The minimum Gasteiger partial charge on any atom is -0.497 e. The molecule has 1 aromatic carbocycles. The molecule has 0 aliphatic rings. The fraction of sp³-hybridized carbons (Fsp3) is 0.542. The van der Waals surface area contributed by atoms with Crippen LogP contribution < -0.4 is 4.74 Å². The fourth-order valence-corrected chi connectivity index (χ4v) is 3.18. The Balaban J connectivity index is 0.00000146. The van der Waals surface area contributed by atoms with Crippen molar-refractivity contribution in [1.29, 1.82) is 0 Å². The first-order chi connectivity index (χ1) is 12.4. The van der Waals surface area contributed by atoms with Gasteiger partial charge in [-0.3, -0.25) is 4.98 Å². The van der Waals surface area contributed by atoms with Gasteiger partial charge in [0.05, 0.1) is 12.8 Å². The van der Waals surface area contributed by atoms with Gasteiger partial charge in [-0.2, -0.15) is 0 Å². The molecular formula is C24H39NO. The number of benzene rings is 1. The summed E-state index contributed by atoms with van der Waals surface area (Å²) >= 11 is 0. The number of aromatic nitrogens is 1. The lowest BCUT2D eigenvalue weighted by Crippen LogP contribution is -2.19. The molecule has 0 atom stereocenters. The second-order valence-corrected chi connectivity index (χ2v) is 6.72. The van der Waals surface area contributed by atoms with Crippen LogP contribution in [0.1, 0.15) is 78.0 Å². The summed E-state index contributed by atoms with van der Waals surface area (Å²) in [6.07, 6.45) is 4.19. The summed E-state index contributed by atoms with van der Waals surface area (Å²) in [4.78, 5) is 4.62. The first kappa shape index (κ1) is 24.2. The molecule has 1 heterocycles. The standard InChI is InChI=1S/C20H27NO.2C2H6/c1-7-9-20(4,5)17-13-16(22-6)12-15(3)19(17)18-11-14(2)8-10-21-18;2*1-2/h8,10-13H,7,9H2,1-6H3;2*1-2H3. The largest absolute Gasteiger partial charge is 0.497 e. The summed E-state index contributed by atoms with van der Waals surface area (Å²) in [5, 5.41) is 0. The highest BCUT2D eigenvalue weighted by atomic mass is 16.5. The van der Waals surface area contributed by atoms with Crippen LogP contribution in [0, 0.1) is 13.8 Å². The number of hydrogen-bond acceptors (Lipinski definition) is 2. The summed E-state index contributed by atoms with van der Waals surface area (Å²) < 4.78 is 5.50. The smallest absolute Gasteiger partial charge is 0.119 e. The molecule has 0 bridgehead atoms. The first-order valence-corrected chi connectivity index (χ1v) is 10.0. The zero-order valence-corrected chi connectivity index (χ0v) is 18.7. The van der Waals surface area contributed by atoms with E-state index in [2.05, 4.69) is 57.8 Å². The topological polar surface area (TPSA) is 22.1 Å². The van der Waals surface area contributed by atoms with Gasteiger partial charge in [-0.15, -0.1) is 0 Å². The molecule has 0 unspecified atom stereocenters. The van der Waals surface area contributed by atoms with E-state index in [0.717, 1.165) is 24.3 Å². The Morgan fingerprint density at radius 2 is 1.62 bits per heavy atom. The van der Waals surface area contributed by atoms with Crippen molar-refractivity contribution in [1.82, 2.24) is 4.98 Å². The van der Waals surface area contributed by atoms with Crippen LogP contribution in [0.15, 0.2) is 30.5 Å². The maximum atomic E-state index is 5.50. The van der Waals surface area contributed by atoms with Crippen LogP contribution in [0.4, 0.5) is 0 Å². The molecular weight excluding hydrogens is 318 g/mol. The maximum Gasteiger partial charge on any atom is 0.119 e. The van der Waals surface area contributed by atoms with Crippen LogP contribution in [-0.2, 0) is 5.41 Å². The van der Waals surface area contributed by atoms with E-state index in [-0.39, 0.29) is 5.41 Å². The molecule has 0 saturated heterocycles. The fourth-order valence-electron chi connectivity index (χ4n) is 3.18. The van der Waals surface area contributed by atoms with E-state index in [1.54, 1.807) is 7.11 Å². The molecule has 0 radical (unpaired) electrons. The number of nitrogens with zero attached hydrogens (tertiary/aromatic N) is 1. The van der Waals surface area contributed by atoms with Gasteiger partial charge in [-0.05, 0) is 66.6 Å². The summed E-state index contributed by atoms with van der Waals surface area (Å²) in [5.74, 6) is 0.924. The first-order valence-electron chi connectivity index (χ1n) is 10.0. The maximum absolute atomic E-state index is 5.50. The quantitative estimate of drug-likeness (QED) is 0.552. The van der Waals surface area contributed by atoms with Crippen molar-refractivity contribution >= 4 is 0 Å². The summed E-state index contributed by atoms with van der Waals surface area (Å²) in [5.41, 5.74) is 6.18. The van der Waals surface area contributed by atoms with Crippen molar-refractivity contribution in [2.45, 2.75) is 80.6 Å². The lowest BCUT2D eigenvalue weighted by molar-refractivity contribution is 0.409. The van der Waals surface area contributed by atoms with E-state index >= 15 is 0 Å². The number of methoxy groups -OCH3 is 1. The highest BCUT2D eigenvalue weighted by molar-refractivity contribution is 5.71. The van der Waals surface area contributed by atoms with Crippen LogP contribution in [0.5, 0.6) is 5.75 Å². The molecule has 0 spiro atoms. The van der Waals surface area contributed by atoms with Crippen LogP contribution in [0.2, 0.25) is 0 Å². The van der Waals surface area contributed by atoms with Crippen LogP contribution in [0.3, 0.4) is 0 Å². The Bertz CT molecular complexity index is 659.